The zero-order chi connectivity index (χ0) is 10.9. The monoisotopic (exact) mass is 200 g/mol. The van der Waals surface area contributed by atoms with Crippen LogP contribution in [0.25, 0.3) is 0 Å². The van der Waals surface area contributed by atoms with Gasteiger partial charge in [-0.05, 0) is 50.3 Å². The van der Waals surface area contributed by atoms with Crippen LogP contribution in [-0.2, 0) is 0 Å². The van der Waals surface area contributed by atoms with Gasteiger partial charge in [0.2, 0.25) is 0 Å². The van der Waals surface area contributed by atoms with Crippen molar-refractivity contribution in [2.75, 3.05) is 5.32 Å². The molecule has 1 atom stereocenters. The van der Waals surface area contributed by atoms with Crippen molar-refractivity contribution in [3.63, 3.8) is 0 Å². The molecule has 1 saturated carbocycles. The van der Waals surface area contributed by atoms with E-state index in [4.69, 9.17) is 0 Å². The molecule has 78 valence electrons. The number of nitriles is 1. The normalized spacial score (nSPS) is 19.0. The van der Waals surface area contributed by atoms with Gasteiger partial charge < -0.3 is 5.32 Å². The lowest BCUT2D eigenvalue weighted by molar-refractivity contribution is 0.567. The van der Waals surface area contributed by atoms with Crippen LogP contribution in [0.3, 0.4) is 0 Å². The number of aryl methyl sites for hydroxylation is 1. The van der Waals surface area contributed by atoms with E-state index in [1.807, 2.05) is 19.1 Å². The maximum Gasteiger partial charge on any atom is 0.125 e. The van der Waals surface area contributed by atoms with Gasteiger partial charge in [0.15, 0.2) is 0 Å². The lowest BCUT2D eigenvalue weighted by Crippen LogP contribution is -2.35. The Morgan fingerprint density at radius 1 is 1.47 bits per heavy atom. The predicted molar refractivity (Wildman–Crippen MR) is 61.5 cm³/mol. The molecular weight excluding hydrogens is 184 g/mol. The Balaban J connectivity index is 2.17. The summed E-state index contributed by atoms with van der Waals surface area (Å²) >= 11 is 0. The highest BCUT2D eigenvalue weighted by Crippen LogP contribution is 2.41. The molecule has 1 N–H and O–H groups in total. The maximum atomic E-state index is 9.21. The van der Waals surface area contributed by atoms with Gasteiger partial charge in [0.25, 0.3) is 0 Å². The Morgan fingerprint density at radius 3 is 2.73 bits per heavy atom. The Bertz CT molecular complexity index is 401. The summed E-state index contributed by atoms with van der Waals surface area (Å²) < 4.78 is 0. The highest BCUT2D eigenvalue weighted by atomic mass is 15.0. The van der Waals surface area contributed by atoms with Crippen LogP contribution in [0.5, 0.6) is 0 Å². The van der Waals surface area contributed by atoms with Gasteiger partial charge in [0.1, 0.15) is 5.54 Å². The fourth-order valence-electron chi connectivity index (χ4n) is 1.90. The molecular formula is C13H16N2. The molecule has 2 rings (SSSR count). The summed E-state index contributed by atoms with van der Waals surface area (Å²) in [5, 5.41) is 12.6. The fourth-order valence-corrected chi connectivity index (χ4v) is 1.90. The third-order valence-electron chi connectivity index (χ3n) is 3.05. The predicted octanol–water partition coefficient (Wildman–Crippen LogP) is 3.10. The van der Waals surface area contributed by atoms with Crippen molar-refractivity contribution in [3.8, 4) is 6.07 Å². The van der Waals surface area contributed by atoms with Crippen molar-refractivity contribution in [1.82, 2.24) is 0 Å². The molecule has 1 aromatic carbocycles. The van der Waals surface area contributed by atoms with Crippen LogP contribution in [0.2, 0.25) is 0 Å². The van der Waals surface area contributed by atoms with Crippen molar-refractivity contribution < 1.29 is 0 Å². The standard InChI is InChI=1S/C13H16N2/c1-10-4-3-5-12(8-10)15-13(2,9-14)11-6-7-11/h3-5,8,11,15H,6-7H2,1-2H3. The Morgan fingerprint density at radius 2 is 2.20 bits per heavy atom. The van der Waals surface area contributed by atoms with E-state index in [0.29, 0.717) is 5.92 Å². The first kappa shape index (κ1) is 10.0. The van der Waals surface area contributed by atoms with Crippen LogP contribution in [0.4, 0.5) is 5.69 Å². The summed E-state index contributed by atoms with van der Waals surface area (Å²) in [6, 6.07) is 10.6. The van der Waals surface area contributed by atoms with Crippen LogP contribution in [-0.4, -0.2) is 5.54 Å². The second-order valence-electron chi connectivity index (χ2n) is 4.58. The number of nitrogens with one attached hydrogen (secondary N) is 1. The molecule has 0 bridgehead atoms. The molecule has 0 radical (unpaired) electrons. The van der Waals surface area contributed by atoms with Gasteiger partial charge >= 0.3 is 0 Å². The van der Waals surface area contributed by atoms with E-state index in [0.717, 1.165) is 5.69 Å². The lowest BCUT2D eigenvalue weighted by Gasteiger charge is -2.24. The van der Waals surface area contributed by atoms with E-state index in [9.17, 15) is 5.26 Å². The van der Waals surface area contributed by atoms with E-state index in [1.54, 1.807) is 0 Å². The number of rotatable bonds is 3. The smallest absolute Gasteiger partial charge is 0.125 e. The number of hydrogen-bond donors (Lipinski definition) is 1. The molecule has 1 unspecified atom stereocenters. The molecule has 1 aromatic rings. The first-order valence-electron chi connectivity index (χ1n) is 5.40. The first-order valence-corrected chi connectivity index (χ1v) is 5.40. The SMILES string of the molecule is Cc1cccc(NC(C)(C#N)C2CC2)c1. The van der Waals surface area contributed by atoms with Crippen LogP contribution in [0.1, 0.15) is 25.3 Å². The molecule has 1 fully saturated rings. The second-order valence-corrected chi connectivity index (χ2v) is 4.58. The Kier molecular flexibility index (Phi) is 2.40. The van der Waals surface area contributed by atoms with E-state index in [1.165, 1.54) is 18.4 Å². The average Bonchev–Trinajstić information content (AvgIpc) is 3.01. The molecule has 0 amide bonds. The van der Waals surface area contributed by atoms with Crippen molar-refractivity contribution in [2.24, 2.45) is 5.92 Å². The van der Waals surface area contributed by atoms with E-state index < -0.39 is 5.54 Å². The highest BCUT2D eigenvalue weighted by molar-refractivity contribution is 5.50. The highest BCUT2D eigenvalue weighted by Gasteiger charge is 2.41. The van der Waals surface area contributed by atoms with Gasteiger partial charge in [-0.1, -0.05) is 12.1 Å². The lowest BCUT2D eigenvalue weighted by atomic mass is 9.97. The van der Waals surface area contributed by atoms with Crippen LogP contribution in [0, 0.1) is 24.2 Å². The van der Waals surface area contributed by atoms with Crippen molar-refractivity contribution >= 4 is 5.69 Å². The molecule has 1 aliphatic rings. The van der Waals surface area contributed by atoms with E-state index in [2.05, 4.69) is 30.4 Å². The number of benzene rings is 1. The quantitative estimate of drug-likeness (QED) is 0.813. The molecule has 0 heterocycles. The van der Waals surface area contributed by atoms with Gasteiger partial charge in [-0.25, -0.2) is 0 Å². The summed E-state index contributed by atoms with van der Waals surface area (Å²) in [7, 11) is 0. The van der Waals surface area contributed by atoms with Crippen molar-refractivity contribution in [3.05, 3.63) is 29.8 Å². The molecule has 0 aromatic heterocycles. The first-order chi connectivity index (χ1) is 7.14. The molecule has 2 nitrogen and oxygen atoms in total. The molecule has 1 aliphatic carbocycles. The van der Waals surface area contributed by atoms with Gasteiger partial charge in [-0.2, -0.15) is 5.26 Å². The molecule has 0 saturated heterocycles. The van der Waals surface area contributed by atoms with Crippen LogP contribution >= 0.6 is 0 Å². The van der Waals surface area contributed by atoms with Gasteiger partial charge in [0.05, 0.1) is 6.07 Å². The van der Waals surface area contributed by atoms with E-state index in [-0.39, 0.29) is 0 Å². The minimum atomic E-state index is -0.395. The van der Waals surface area contributed by atoms with Crippen molar-refractivity contribution in [2.45, 2.75) is 32.2 Å². The number of hydrogen-bond acceptors (Lipinski definition) is 2. The zero-order valence-corrected chi connectivity index (χ0v) is 9.25. The maximum absolute atomic E-state index is 9.21. The van der Waals surface area contributed by atoms with Crippen molar-refractivity contribution in [1.29, 1.82) is 5.26 Å². The summed E-state index contributed by atoms with van der Waals surface area (Å²) in [5.74, 6) is 0.517. The molecule has 15 heavy (non-hydrogen) atoms. The third kappa shape index (κ3) is 2.12. The number of nitrogens with zero attached hydrogens (tertiary/aromatic N) is 1. The minimum Gasteiger partial charge on any atom is -0.367 e. The largest absolute Gasteiger partial charge is 0.367 e. The average molecular weight is 200 g/mol. The Hall–Kier alpha value is -1.49. The zero-order valence-electron chi connectivity index (χ0n) is 9.25. The number of anilines is 1. The van der Waals surface area contributed by atoms with Gasteiger partial charge in [0, 0.05) is 5.69 Å². The minimum absolute atomic E-state index is 0.395. The molecule has 0 aliphatic heterocycles. The summed E-state index contributed by atoms with van der Waals surface area (Å²) in [6.45, 7) is 4.05. The molecule has 2 heteroatoms. The summed E-state index contributed by atoms with van der Waals surface area (Å²) in [5.41, 5.74) is 1.87. The second kappa shape index (κ2) is 3.58. The van der Waals surface area contributed by atoms with Gasteiger partial charge in [-0.3, -0.25) is 0 Å². The topological polar surface area (TPSA) is 35.8 Å². The Labute approximate surface area is 90.9 Å². The van der Waals surface area contributed by atoms with Gasteiger partial charge in [-0.15, -0.1) is 0 Å². The summed E-state index contributed by atoms with van der Waals surface area (Å²) in [6.07, 6.45) is 2.34. The molecule has 0 spiro atoms. The van der Waals surface area contributed by atoms with E-state index >= 15 is 0 Å². The summed E-state index contributed by atoms with van der Waals surface area (Å²) in [4.78, 5) is 0. The van der Waals surface area contributed by atoms with Crippen LogP contribution < -0.4 is 5.32 Å². The van der Waals surface area contributed by atoms with Crippen LogP contribution in [0.15, 0.2) is 24.3 Å². The third-order valence-corrected chi connectivity index (χ3v) is 3.05. The fraction of sp³-hybridized carbons (Fsp3) is 0.462.